The standard InChI is InChI=1S/C6H10O2S2/c1-4(5(7)8)6-9-2-3-10-6/h4,6H,2-3H2,1H3,(H,7,8). The number of carboxylic acid groups (broad SMARTS) is 1. The second-order valence-corrected chi connectivity index (χ2v) is 5.03. The maximum Gasteiger partial charge on any atom is 0.308 e. The Morgan fingerprint density at radius 3 is 2.50 bits per heavy atom. The van der Waals surface area contributed by atoms with Gasteiger partial charge in [0.2, 0.25) is 0 Å². The van der Waals surface area contributed by atoms with Crippen molar-refractivity contribution >= 4 is 29.5 Å². The highest BCUT2D eigenvalue weighted by atomic mass is 32.2. The van der Waals surface area contributed by atoms with E-state index in [4.69, 9.17) is 5.11 Å². The van der Waals surface area contributed by atoms with Gasteiger partial charge in [-0.25, -0.2) is 0 Å². The number of carbonyl (C=O) groups is 1. The Kier molecular flexibility index (Phi) is 2.92. The van der Waals surface area contributed by atoms with E-state index in [0.29, 0.717) is 0 Å². The van der Waals surface area contributed by atoms with Gasteiger partial charge < -0.3 is 5.11 Å². The maximum atomic E-state index is 10.5. The van der Waals surface area contributed by atoms with Crippen LogP contribution in [0.25, 0.3) is 0 Å². The van der Waals surface area contributed by atoms with Gasteiger partial charge in [0.05, 0.1) is 10.5 Å². The summed E-state index contributed by atoms with van der Waals surface area (Å²) in [6.07, 6.45) is 0. The van der Waals surface area contributed by atoms with Crippen LogP contribution in [0.15, 0.2) is 0 Å². The lowest BCUT2D eigenvalue weighted by atomic mass is 10.2. The first kappa shape index (κ1) is 8.27. The van der Waals surface area contributed by atoms with Crippen LogP contribution in [0.4, 0.5) is 0 Å². The number of carboxylic acids is 1. The highest BCUT2D eigenvalue weighted by Gasteiger charge is 2.27. The van der Waals surface area contributed by atoms with Gasteiger partial charge in [-0.15, -0.1) is 23.5 Å². The minimum Gasteiger partial charge on any atom is -0.481 e. The fourth-order valence-electron chi connectivity index (χ4n) is 0.782. The van der Waals surface area contributed by atoms with Crippen molar-refractivity contribution < 1.29 is 9.90 Å². The number of hydrogen-bond acceptors (Lipinski definition) is 3. The van der Waals surface area contributed by atoms with E-state index in [1.165, 1.54) is 0 Å². The Balaban J connectivity index is 2.39. The van der Waals surface area contributed by atoms with Crippen LogP contribution in [0.2, 0.25) is 0 Å². The van der Waals surface area contributed by atoms with E-state index in [9.17, 15) is 4.79 Å². The molecule has 1 heterocycles. The molecule has 0 aromatic carbocycles. The molecule has 1 atom stereocenters. The van der Waals surface area contributed by atoms with Crippen LogP contribution in [0, 0.1) is 5.92 Å². The van der Waals surface area contributed by atoms with Gasteiger partial charge >= 0.3 is 5.97 Å². The van der Waals surface area contributed by atoms with Crippen molar-refractivity contribution in [1.29, 1.82) is 0 Å². The van der Waals surface area contributed by atoms with Crippen LogP contribution in [0.3, 0.4) is 0 Å². The monoisotopic (exact) mass is 178 g/mol. The summed E-state index contributed by atoms with van der Waals surface area (Å²) in [5.41, 5.74) is 0. The van der Waals surface area contributed by atoms with Crippen LogP contribution in [-0.4, -0.2) is 27.2 Å². The molecular formula is C6H10O2S2. The molecule has 0 spiro atoms. The lowest BCUT2D eigenvalue weighted by Crippen LogP contribution is -2.18. The minimum atomic E-state index is -0.674. The van der Waals surface area contributed by atoms with Gasteiger partial charge in [-0.3, -0.25) is 4.79 Å². The first-order valence-corrected chi connectivity index (χ1v) is 5.27. The van der Waals surface area contributed by atoms with Gasteiger partial charge in [-0.2, -0.15) is 0 Å². The number of thioether (sulfide) groups is 2. The predicted octanol–water partition coefficient (Wildman–Crippen LogP) is 1.51. The molecule has 0 aliphatic carbocycles. The Morgan fingerprint density at radius 2 is 2.10 bits per heavy atom. The average Bonchev–Trinajstić information content (AvgIpc) is 2.36. The minimum absolute atomic E-state index is 0.197. The van der Waals surface area contributed by atoms with Gasteiger partial charge in [0, 0.05) is 11.5 Å². The van der Waals surface area contributed by atoms with Crippen molar-refractivity contribution in [2.75, 3.05) is 11.5 Å². The first-order valence-electron chi connectivity index (χ1n) is 3.18. The summed E-state index contributed by atoms with van der Waals surface area (Å²) < 4.78 is 0.289. The molecule has 1 aliphatic heterocycles. The molecule has 10 heavy (non-hydrogen) atoms. The van der Waals surface area contributed by atoms with Crippen LogP contribution in [0.5, 0.6) is 0 Å². The smallest absolute Gasteiger partial charge is 0.308 e. The van der Waals surface area contributed by atoms with Crippen LogP contribution >= 0.6 is 23.5 Å². The molecule has 1 fully saturated rings. The summed E-state index contributed by atoms with van der Waals surface area (Å²) in [5.74, 6) is 1.34. The Hall–Kier alpha value is 0.170. The quantitative estimate of drug-likeness (QED) is 0.695. The zero-order chi connectivity index (χ0) is 7.56. The number of aliphatic carboxylic acids is 1. The second-order valence-electron chi connectivity index (χ2n) is 2.24. The molecular weight excluding hydrogens is 168 g/mol. The Bertz CT molecular complexity index is 132. The van der Waals surface area contributed by atoms with E-state index < -0.39 is 5.97 Å². The summed E-state index contributed by atoms with van der Waals surface area (Å²) in [6.45, 7) is 1.78. The van der Waals surface area contributed by atoms with Gasteiger partial charge in [0.1, 0.15) is 0 Å². The van der Waals surface area contributed by atoms with E-state index in [2.05, 4.69) is 0 Å². The largest absolute Gasteiger partial charge is 0.481 e. The summed E-state index contributed by atoms with van der Waals surface area (Å²) in [5, 5.41) is 8.62. The molecule has 0 amide bonds. The van der Waals surface area contributed by atoms with Crippen molar-refractivity contribution in [2.24, 2.45) is 5.92 Å². The Labute approximate surface area is 68.8 Å². The molecule has 1 aliphatic rings. The molecule has 0 bridgehead atoms. The van der Waals surface area contributed by atoms with E-state index >= 15 is 0 Å². The fraction of sp³-hybridized carbons (Fsp3) is 0.833. The predicted molar refractivity (Wildman–Crippen MR) is 45.5 cm³/mol. The number of hydrogen-bond donors (Lipinski definition) is 1. The second kappa shape index (κ2) is 3.53. The normalized spacial score (nSPS) is 22.9. The van der Waals surface area contributed by atoms with Crippen LogP contribution in [0.1, 0.15) is 6.92 Å². The fourth-order valence-corrected chi connectivity index (χ4v) is 3.79. The average molecular weight is 178 g/mol. The van der Waals surface area contributed by atoms with Crippen LogP contribution < -0.4 is 0 Å². The molecule has 1 N–H and O–H groups in total. The zero-order valence-electron chi connectivity index (χ0n) is 5.74. The van der Waals surface area contributed by atoms with Crippen molar-refractivity contribution in [2.45, 2.75) is 11.5 Å². The molecule has 2 nitrogen and oxygen atoms in total. The van der Waals surface area contributed by atoms with Crippen LogP contribution in [-0.2, 0) is 4.79 Å². The zero-order valence-corrected chi connectivity index (χ0v) is 7.37. The Morgan fingerprint density at radius 1 is 1.60 bits per heavy atom. The summed E-state index contributed by atoms with van der Waals surface area (Å²) in [4.78, 5) is 10.5. The topological polar surface area (TPSA) is 37.3 Å². The summed E-state index contributed by atoms with van der Waals surface area (Å²) in [7, 11) is 0. The third kappa shape index (κ3) is 1.83. The molecule has 0 radical (unpaired) electrons. The SMILES string of the molecule is CC(C(=O)O)C1SCCS1. The molecule has 1 rings (SSSR count). The number of rotatable bonds is 2. The van der Waals surface area contributed by atoms with Crippen molar-refractivity contribution in [3.63, 3.8) is 0 Å². The lowest BCUT2D eigenvalue weighted by molar-refractivity contribution is -0.140. The van der Waals surface area contributed by atoms with E-state index in [0.717, 1.165) is 11.5 Å². The van der Waals surface area contributed by atoms with Crippen molar-refractivity contribution in [1.82, 2.24) is 0 Å². The van der Waals surface area contributed by atoms with E-state index in [-0.39, 0.29) is 10.5 Å². The van der Waals surface area contributed by atoms with Crippen molar-refractivity contribution in [3.05, 3.63) is 0 Å². The van der Waals surface area contributed by atoms with E-state index in [1.54, 1.807) is 30.4 Å². The molecule has 1 unspecified atom stereocenters. The highest BCUT2D eigenvalue weighted by Crippen LogP contribution is 2.37. The lowest BCUT2D eigenvalue weighted by Gasteiger charge is -2.11. The first-order chi connectivity index (χ1) is 4.72. The highest BCUT2D eigenvalue weighted by molar-refractivity contribution is 8.20. The van der Waals surface area contributed by atoms with Gasteiger partial charge in [0.15, 0.2) is 0 Å². The summed E-state index contributed by atoms with van der Waals surface area (Å²) >= 11 is 3.52. The maximum absolute atomic E-state index is 10.5. The third-order valence-electron chi connectivity index (χ3n) is 1.45. The van der Waals surface area contributed by atoms with Crippen molar-refractivity contribution in [3.8, 4) is 0 Å². The molecule has 0 aromatic heterocycles. The molecule has 0 saturated carbocycles. The molecule has 4 heteroatoms. The van der Waals surface area contributed by atoms with Gasteiger partial charge in [-0.1, -0.05) is 6.92 Å². The molecule has 1 saturated heterocycles. The molecule has 0 aromatic rings. The third-order valence-corrected chi connectivity index (χ3v) is 4.87. The van der Waals surface area contributed by atoms with Gasteiger partial charge in [-0.05, 0) is 0 Å². The molecule has 58 valence electrons. The summed E-state index contributed by atoms with van der Waals surface area (Å²) in [6, 6.07) is 0. The van der Waals surface area contributed by atoms with Gasteiger partial charge in [0.25, 0.3) is 0 Å². The van der Waals surface area contributed by atoms with E-state index in [1.807, 2.05) is 0 Å².